The molecule has 0 saturated carbocycles. The summed E-state index contributed by atoms with van der Waals surface area (Å²) in [4.78, 5) is 0. The highest BCUT2D eigenvalue weighted by atomic mass is 19.3. The number of H-pyrrole nitrogens is 1. The van der Waals surface area contributed by atoms with Gasteiger partial charge >= 0.3 is 0 Å². The Kier molecular flexibility index (Phi) is 2.33. The molecule has 5 heteroatoms. The van der Waals surface area contributed by atoms with Crippen molar-refractivity contribution >= 4 is 0 Å². The van der Waals surface area contributed by atoms with Crippen LogP contribution in [0.2, 0.25) is 0 Å². The van der Waals surface area contributed by atoms with Crippen LogP contribution in [0.1, 0.15) is 24.0 Å². The van der Waals surface area contributed by atoms with Crippen LogP contribution in [-0.4, -0.2) is 14.8 Å². The molecular formula is C11H13F2N3. The number of halogens is 2. The number of rotatable bonds is 2. The smallest absolute Gasteiger partial charge is 0.286 e. The minimum Gasteiger partial charge on any atom is -0.302 e. The van der Waals surface area contributed by atoms with Crippen LogP contribution in [0.4, 0.5) is 8.78 Å². The average Bonchev–Trinajstić information content (AvgIpc) is 2.72. The first-order valence-corrected chi connectivity index (χ1v) is 4.98. The topological polar surface area (TPSA) is 33.6 Å². The van der Waals surface area contributed by atoms with Gasteiger partial charge in [0.25, 0.3) is 5.92 Å². The highest BCUT2D eigenvalue weighted by molar-refractivity contribution is 5.33. The Labute approximate surface area is 92.1 Å². The summed E-state index contributed by atoms with van der Waals surface area (Å²) in [7, 11) is 0. The molecular weight excluding hydrogens is 212 g/mol. The van der Waals surface area contributed by atoms with E-state index in [-0.39, 0.29) is 5.69 Å². The van der Waals surface area contributed by atoms with Gasteiger partial charge in [-0.25, -0.2) is 0 Å². The van der Waals surface area contributed by atoms with Crippen molar-refractivity contribution in [3.8, 4) is 5.82 Å². The van der Waals surface area contributed by atoms with E-state index in [0.29, 0.717) is 5.82 Å². The van der Waals surface area contributed by atoms with E-state index in [0.717, 1.165) is 18.3 Å². The molecule has 0 spiro atoms. The zero-order valence-corrected chi connectivity index (χ0v) is 9.38. The van der Waals surface area contributed by atoms with Gasteiger partial charge in [-0.1, -0.05) is 0 Å². The van der Waals surface area contributed by atoms with E-state index in [2.05, 4.69) is 10.2 Å². The van der Waals surface area contributed by atoms with Crippen LogP contribution < -0.4 is 0 Å². The standard InChI is InChI=1S/C11H13F2N3/c1-7-4-5-8(2)16(7)10-6-9(14-15-10)11(3,12)13/h4-6H,1-3H3,(H,14,15). The molecule has 86 valence electrons. The highest BCUT2D eigenvalue weighted by Gasteiger charge is 2.27. The normalized spacial score (nSPS) is 12.1. The van der Waals surface area contributed by atoms with Gasteiger partial charge in [-0.3, -0.25) is 5.10 Å². The highest BCUT2D eigenvalue weighted by Crippen LogP contribution is 2.26. The number of alkyl halides is 2. The maximum Gasteiger partial charge on any atom is 0.286 e. The summed E-state index contributed by atoms with van der Waals surface area (Å²) in [6.07, 6.45) is 0. The zero-order chi connectivity index (χ0) is 11.9. The van der Waals surface area contributed by atoms with E-state index < -0.39 is 5.92 Å². The molecule has 2 aromatic heterocycles. The Morgan fingerprint density at radius 1 is 1.25 bits per heavy atom. The van der Waals surface area contributed by atoms with E-state index >= 15 is 0 Å². The van der Waals surface area contributed by atoms with Crippen molar-refractivity contribution in [3.05, 3.63) is 35.3 Å². The van der Waals surface area contributed by atoms with Gasteiger partial charge in [0, 0.05) is 24.4 Å². The Morgan fingerprint density at radius 2 is 1.81 bits per heavy atom. The molecule has 0 bridgehead atoms. The molecule has 0 saturated heterocycles. The van der Waals surface area contributed by atoms with Crippen LogP contribution in [0.15, 0.2) is 18.2 Å². The van der Waals surface area contributed by atoms with Gasteiger partial charge in [0.05, 0.1) is 0 Å². The van der Waals surface area contributed by atoms with Crippen molar-refractivity contribution in [2.24, 2.45) is 0 Å². The molecule has 16 heavy (non-hydrogen) atoms. The van der Waals surface area contributed by atoms with E-state index in [1.807, 2.05) is 30.5 Å². The predicted molar refractivity (Wildman–Crippen MR) is 57.0 cm³/mol. The number of nitrogens with zero attached hydrogens (tertiary/aromatic N) is 2. The van der Waals surface area contributed by atoms with Crippen LogP contribution in [0, 0.1) is 13.8 Å². The van der Waals surface area contributed by atoms with Crippen LogP contribution in [-0.2, 0) is 5.92 Å². The molecule has 2 heterocycles. The molecule has 0 aliphatic rings. The quantitative estimate of drug-likeness (QED) is 0.837. The number of hydrogen-bond donors (Lipinski definition) is 1. The Morgan fingerprint density at radius 3 is 2.25 bits per heavy atom. The Balaban J connectivity index is 2.47. The number of aryl methyl sites for hydroxylation is 2. The predicted octanol–water partition coefficient (Wildman–Crippen LogP) is 2.93. The summed E-state index contributed by atoms with van der Waals surface area (Å²) in [5.41, 5.74) is 1.76. The van der Waals surface area contributed by atoms with Gasteiger partial charge in [0.1, 0.15) is 5.69 Å². The van der Waals surface area contributed by atoms with Crippen molar-refractivity contribution in [1.29, 1.82) is 0 Å². The molecule has 0 amide bonds. The molecule has 2 aromatic rings. The molecule has 0 aliphatic carbocycles. The molecule has 0 aromatic carbocycles. The van der Waals surface area contributed by atoms with E-state index in [1.54, 1.807) is 0 Å². The van der Waals surface area contributed by atoms with E-state index in [9.17, 15) is 8.78 Å². The van der Waals surface area contributed by atoms with Gasteiger partial charge in [-0.2, -0.15) is 13.9 Å². The van der Waals surface area contributed by atoms with Crippen molar-refractivity contribution < 1.29 is 8.78 Å². The Hall–Kier alpha value is -1.65. The maximum atomic E-state index is 13.0. The third-order valence-electron chi connectivity index (χ3n) is 2.54. The molecule has 0 radical (unpaired) electrons. The lowest BCUT2D eigenvalue weighted by atomic mass is 10.3. The lowest BCUT2D eigenvalue weighted by Gasteiger charge is -2.06. The molecule has 1 N–H and O–H groups in total. The monoisotopic (exact) mass is 225 g/mol. The van der Waals surface area contributed by atoms with E-state index in [1.165, 1.54) is 6.07 Å². The first kappa shape index (κ1) is 10.9. The summed E-state index contributed by atoms with van der Waals surface area (Å²) in [5.74, 6) is -2.39. The maximum absolute atomic E-state index is 13.0. The molecule has 0 atom stereocenters. The van der Waals surface area contributed by atoms with Crippen molar-refractivity contribution in [2.45, 2.75) is 26.7 Å². The SMILES string of the molecule is Cc1ccc(C)n1-c1cc(C(C)(F)F)[nH]n1. The number of aromatic amines is 1. The Bertz CT molecular complexity index is 486. The van der Waals surface area contributed by atoms with E-state index in [4.69, 9.17) is 0 Å². The lowest BCUT2D eigenvalue weighted by molar-refractivity contribution is 0.0127. The largest absolute Gasteiger partial charge is 0.302 e. The summed E-state index contributed by atoms with van der Waals surface area (Å²) in [6.45, 7) is 4.66. The summed E-state index contributed by atoms with van der Waals surface area (Å²) in [5, 5.41) is 6.27. The first-order chi connectivity index (χ1) is 7.39. The summed E-state index contributed by atoms with van der Waals surface area (Å²) >= 11 is 0. The summed E-state index contributed by atoms with van der Waals surface area (Å²) < 4.78 is 27.9. The average molecular weight is 225 g/mol. The van der Waals surface area contributed by atoms with Crippen molar-refractivity contribution in [1.82, 2.24) is 14.8 Å². The minimum absolute atomic E-state index is 0.171. The third-order valence-corrected chi connectivity index (χ3v) is 2.54. The fraction of sp³-hybridized carbons (Fsp3) is 0.364. The number of aromatic nitrogens is 3. The second-order valence-electron chi connectivity index (χ2n) is 3.98. The molecule has 0 unspecified atom stereocenters. The zero-order valence-electron chi connectivity index (χ0n) is 9.38. The van der Waals surface area contributed by atoms with Crippen molar-refractivity contribution in [3.63, 3.8) is 0 Å². The number of hydrogen-bond acceptors (Lipinski definition) is 1. The van der Waals surface area contributed by atoms with Crippen LogP contribution in [0.5, 0.6) is 0 Å². The van der Waals surface area contributed by atoms with Crippen LogP contribution in [0.25, 0.3) is 5.82 Å². The number of nitrogens with one attached hydrogen (secondary N) is 1. The van der Waals surface area contributed by atoms with Gasteiger partial charge in [0.15, 0.2) is 5.82 Å². The fourth-order valence-electron chi connectivity index (χ4n) is 1.68. The fourth-order valence-corrected chi connectivity index (χ4v) is 1.68. The third kappa shape index (κ3) is 1.73. The van der Waals surface area contributed by atoms with Gasteiger partial charge in [-0.05, 0) is 26.0 Å². The minimum atomic E-state index is -2.89. The summed E-state index contributed by atoms with van der Waals surface area (Å²) in [6, 6.07) is 5.22. The van der Waals surface area contributed by atoms with Gasteiger partial charge < -0.3 is 4.57 Å². The molecule has 0 fully saturated rings. The van der Waals surface area contributed by atoms with Crippen molar-refractivity contribution in [2.75, 3.05) is 0 Å². The molecule has 3 nitrogen and oxygen atoms in total. The first-order valence-electron chi connectivity index (χ1n) is 4.98. The van der Waals surface area contributed by atoms with Gasteiger partial charge in [0.2, 0.25) is 0 Å². The lowest BCUT2D eigenvalue weighted by Crippen LogP contribution is -2.07. The molecule has 2 rings (SSSR count). The van der Waals surface area contributed by atoms with Crippen LogP contribution >= 0.6 is 0 Å². The second-order valence-corrected chi connectivity index (χ2v) is 3.98. The van der Waals surface area contributed by atoms with Gasteiger partial charge in [-0.15, -0.1) is 0 Å². The van der Waals surface area contributed by atoms with Crippen LogP contribution in [0.3, 0.4) is 0 Å². The second kappa shape index (κ2) is 3.43. The molecule has 0 aliphatic heterocycles.